The van der Waals surface area contributed by atoms with Crippen molar-refractivity contribution in [3.8, 4) is 5.75 Å². The summed E-state index contributed by atoms with van der Waals surface area (Å²) >= 11 is 7.59. The molecule has 0 bridgehead atoms. The monoisotopic (exact) mass is 546 g/mol. The van der Waals surface area contributed by atoms with Crippen LogP contribution in [-0.2, 0) is 9.59 Å². The highest BCUT2D eigenvalue weighted by Gasteiger charge is 2.45. The molecule has 2 aromatic rings. The van der Waals surface area contributed by atoms with Gasteiger partial charge in [-0.05, 0) is 56.0 Å². The highest BCUT2D eigenvalue weighted by molar-refractivity contribution is 7.99. The number of piperidine rings is 1. The number of primary amides is 1. The first-order valence-electron chi connectivity index (χ1n) is 12.2. The van der Waals surface area contributed by atoms with Crippen LogP contribution in [0.1, 0.15) is 50.3 Å². The molecule has 3 atom stereocenters. The van der Waals surface area contributed by atoms with Crippen molar-refractivity contribution >= 4 is 46.9 Å². The number of carbonyl (C=O) groups excluding carboxylic acids is 3. The number of ether oxygens (including phenoxy) is 1. The summed E-state index contributed by atoms with van der Waals surface area (Å²) < 4.78 is 5.35. The molecular formula is C27H35ClN4O4S. The van der Waals surface area contributed by atoms with Gasteiger partial charge in [-0.15, -0.1) is 11.8 Å². The Bertz CT molecular complexity index is 1130. The number of urea groups is 1. The van der Waals surface area contributed by atoms with Crippen molar-refractivity contribution in [3.63, 3.8) is 0 Å². The molecule has 2 aromatic carbocycles. The number of benzene rings is 2. The molecule has 0 spiro atoms. The number of amides is 4. The summed E-state index contributed by atoms with van der Waals surface area (Å²) in [5.41, 5.74) is 6.97. The van der Waals surface area contributed by atoms with Gasteiger partial charge in [0.15, 0.2) is 0 Å². The molecule has 37 heavy (non-hydrogen) atoms. The number of hydrogen-bond donors (Lipinski definition) is 3. The minimum Gasteiger partial charge on any atom is -0.496 e. The summed E-state index contributed by atoms with van der Waals surface area (Å²) in [7, 11) is 1.59. The van der Waals surface area contributed by atoms with Crippen molar-refractivity contribution in [2.75, 3.05) is 24.7 Å². The molecule has 1 saturated heterocycles. The minimum absolute atomic E-state index is 0.0635. The van der Waals surface area contributed by atoms with Crippen molar-refractivity contribution < 1.29 is 19.1 Å². The van der Waals surface area contributed by atoms with Gasteiger partial charge in [-0.2, -0.15) is 0 Å². The van der Waals surface area contributed by atoms with Crippen LogP contribution in [0.5, 0.6) is 5.75 Å². The van der Waals surface area contributed by atoms with Crippen LogP contribution in [0.25, 0.3) is 0 Å². The number of likely N-dealkylation sites (tertiary alicyclic amines) is 1. The van der Waals surface area contributed by atoms with Crippen LogP contribution >= 0.6 is 23.4 Å². The standard InChI is InChI=1S/C27H35ClN4O4S/c1-17-5-10-21(15-23(17)36-4)31-24(33)16-27(3)12-11-22(19-6-8-20(28)9-7-19)32(25(27)34)13-14-37-18(2)30-26(29)35/h5-10,15,18,22H,11-14,16H2,1-4H3,(H,31,33)(H3,29,30,35)/t18?,22?,27-/m1/s1. The van der Waals surface area contributed by atoms with Crippen molar-refractivity contribution in [2.24, 2.45) is 11.1 Å². The second-order valence-electron chi connectivity index (χ2n) is 9.60. The van der Waals surface area contributed by atoms with Crippen LogP contribution in [0, 0.1) is 12.3 Å². The first kappa shape index (κ1) is 28.7. The lowest BCUT2D eigenvalue weighted by molar-refractivity contribution is -0.151. The third-order valence-corrected chi connectivity index (χ3v) is 7.95. The fourth-order valence-corrected chi connectivity index (χ4v) is 5.67. The number of nitrogens with two attached hydrogens (primary N) is 1. The van der Waals surface area contributed by atoms with E-state index in [0.29, 0.717) is 35.2 Å². The molecular weight excluding hydrogens is 512 g/mol. The van der Waals surface area contributed by atoms with E-state index in [0.717, 1.165) is 17.5 Å². The average molecular weight is 547 g/mol. The molecule has 3 rings (SSSR count). The van der Waals surface area contributed by atoms with E-state index in [1.165, 1.54) is 11.8 Å². The lowest BCUT2D eigenvalue weighted by atomic mass is 9.74. The van der Waals surface area contributed by atoms with Crippen molar-refractivity contribution in [1.29, 1.82) is 0 Å². The predicted octanol–water partition coefficient (Wildman–Crippen LogP) is 5.10. The van der Waals surface area contributed by atoms with Crippen LogP contribution in [0.2, 0.25) is 5.02 Å². The number of halogens is 1. The van der Waals surface area contributed by atoms with E-state index in [1.54, 1.807) is 13.2 Å². The summed E-state index contributed by atoms with van der Waals surface area (Å²) in [6.45, 7) is 6.10. The first-order chi connectivity index (χ1) is 17.5. The zero-order chi connectivity index (χ0) is 27.2. The lowest BCUT2D eigenvalue weighted by Gasteiger charge is -2.44. The van der Waals surface area contributed by atoms with Crippen LogP contribution in [0.15, 0.2) is 42.5 Å². The number of rotatable bonds is 10. The van der Waals surface area contributed by atoms with Crippen LogP contribution in [0.3, 0.4) is 0 Å². The maximum atomic E-state index is 13.9. The largest absolute Gasteiger partial charge is 0.496 e. The summed E-state index contributed by atoms with van der Waals surface area (Å²) in [4.78, 5) is 39.9. The van der Waals surface area contributed by atoms with E-state index in [-0.39, 0.29) is 29.7 Å². The summed E-state index contributed by atoms with van der Waals surface area (Å²) in [5.74, 6) is 1.00. The van der Waals surface area contributed by atoms with E-state index in [4.69, 9.17) is 22.1 Å². The van der Waals surface area contributed by atoms with Gasteiger partial charge in [0, 0.05) is 35.5 Å². The fraction of sp³-hybridized carbons (Fsp3) is 0.444. The Morgan fingerprint density at radius 3 is 2.62 bits per heavy atom. The van der Waals surface area contributed by atoms with E-state index in [2.05, 4.69) is 10.6 Å². The topological polar surface area (TPSA) is 114 Å². The smallest absolute Gasteiger partial charge is 0.313 e. The summed E-state index contributed by atoms with van der Waals surface area (Å²) in [6.07, 6.45) is 1.36. The highest BCUT2D eigenvalue weighted by atomic mass is 35.5. The molecule has 1 aliphatic rings. The number of thioether (sulfide) groups is 1. The van der Waals surface area contributed by atoms with Gasteiger partial charge in [0.05, 0.1) is 23.9 Å². The molecule has 0 aliphatic carbocycles. The van der Waals surface area contributed by atoms with Gasteiger partial charge in [-0.25, -0.2) is 4.79 Å². The third-order valence-electron chi connectivity index (χ3n) is 6.67. The lowest BCUT2D eigenvalue weighted by Crippen LogP contribution is -2.50. The van der Waals surface area contributed by atoms with Gasteiger partial charge in [-0.1, -0.05) is 36.7 Å². The van der Waals surface area contributed by atoms with Crippen molar-refractivity contribution in [3.05, 3.63) is 58.6 Å². The highest BCUT2D eigenvalue weighted by Crippen LogP contribution is 2.43. The van der Waals surface area contributed by atoms with E-state index in [9.17, 15) is 14.4 Å². The number of hydrogen-bond acceptors (Lipinski definition) is 5. The molecule has 10 heteroatoms. The van der Waals surface area contributed by atoms with Gasteiger partial charge in [-0.3, -0.25) is 9.59 Å². The van der Waals surface area contributed by atoms with Gasteiger partial charge < -0.3 is 26.0 Å². The number of methoxy groups -OCH3 is 1. The zero-order valence-corrected chi connectivity index (χ0v) is 23.2. The second-order valence-corrected chi connectivity index (χ2v) is 11.5. The van der Waals surface area contributed by atoms with Crippen LogP contribution < -0.4 is 21.1 Å². The van der Waals surface area contributed by atoms with E-state index in [1.807, 2.05) is 62.1 Å². The molecule has 4 N–H and O–H groups in total. The van der Waals surface area contributed by atoms with Gasteiger partial charge >= 0.3 is 6.03 Å². The molecule has 1 aliphatic heterocycles. The quantitative estimate of drug-likeness (QED) is 0.359. The molecule has 0 saturated carbocycles. The Hall–Kier alpha value is -2.91. The van der Waals surface area contributed by atoms with Crippen LogP contribution in [-0.4, -0.2) is 47.5 Å². The predicted molar refractivity (Wildman–Crippen MR) is 149 cm³/mol. The maximum absolute atomic E-state index is 13.9. The Balaban J connectivity index is 1.75. The van der Waals surface area contributed by atoms with Crippen molar-refractivity contribution in [1.82, 2.24) is 10.2 Å². The van der Waals surface area contributed by atoms with E-state index < -0.39 is 11.4 Å². The molecule has 200 valence electrons. The molecule has 1 heterocycles. The molecule has 4 amide bonds. The maximum Gasteiger partial charge on any atom is 0.313 e. The molecule has 1 fully saturated rings. The molecule has 0 aromatic heterocycles. The van der Waals surface area contributed by atoms with Crippen LogP contribution in [0.4, 0.5) is 10.5 Å². The minimum atomic E-state index is -0.844. The first-order valence-corrected chi connectivity index (χ1v) is 13.6. The van der Waals surface area contributed by atoms with Crippen molar-refractivity contribution in [2.45, 2.75) is 51.4 Å². The zero-order valence-electron chi connectivity index (χ0n) is 21.7. The number of nitrogens with one attached hydrogen (secondary N) is 2. The molecule has 0 radical (unpaired) electrons. The van der Waals surface area contributed by atoms with Gasteiger partial charge in [0.1, 0.15) is 5.75 Å². The van der Waals surface area contributed by atoms with Gasteiger partial charge in [0.25, 0.3) is 0 Å². The summed E-state index contributed by atoms with van der Waals surface area (Å²) in [5, 5.41) is 6.00. The number of aryl methyl sites for hydroxylation is 1. The molecule has 2 unspecified atom stereocenters. The fourth-order valence-electron chi connectivity index (χ4n) is 4.69. The Kier molecular flexibility index (Phi) is 9.73. The SMILES string of the molecule is COc1cc(NC(=O)C[C@@]2(C)CCC(c3ccc(Cl)cc3)N(CCSC(C)NC(N)=O)C2=O)ccc1C. The molecule has 8 nitrogen and oxygen atoms in total. The Labute approximate surface area is 227 Å². The normalized spacial score (nSPS) is 20.3. The third kappa shape index (κ3) is 7.55. The number of carbonyl (C=O) groups is 3. The van der Waals surface area contributed by atoms with Gasteiger partial charge in [0.2, 0.25) is 11.8 Å². The summed E-state index contributed by atoms with van der Waals surface area (Å²) in [6, 6.07) is 12.3. The number of anilines is 1. The average Bonchev–Trinajstić information content (AvgIpc) is 2.83. The van der Waals surface area contributed by atoms with E-state index >= 15 is 0 Å². The number of nitrogens with zero attached hydrogens (tertiary/aromatic N) is 1. The Morgan fingerprint density at radius 1 is 1.27 bits per heavy atom. The Morgan fingerprint density at radius 2 is 1.97 bits per heavy atom. The second kappa shape index (κ2) is 12.6.